The van der Waals surface area contributed by atoms with Crippen molar-refractivity contribution in [3.8, 4) is 5.75 Å². The number of piperidine rings is 1. The van der Waals surface area contributed by atoms with Crippen molar-refractivity contribution in [3.63, 3.8) is 0 Å². The smallest absolute Gasteiger partial charge is 0.303 e. The van der Waals surface area contributed by atoms with Gasteiger partial charge in [-0.1, -0.05) is 12.1 Å². The van der Waals surface area contributed by atoms with Crippen molar-refractivity contribution in [2.24, 2.45) is 0 Å². The van der Waals surface area contributed by atoms with E-state index in [-0.39, 0.29) is 6.42 Å². The molecule has 0 saturated carbocycles. The standard InChI is InChI=1S/C18H27NO3/c1-14-6-7-15(2)17(13-14)22-16-8-11-19(12-9-16)10-4-3-5-18(20)21/h6-7,13,16H,3-5,8-12H2,1-2H3,(H,20,21). The van der Waals surface area contributed by atoms with Crippen molar-refractivity contribution < 1.29 is 14.6 Å². The van der Waals surface area contributed by atoms with E-state index in [1.165, 1.54) is 11.1 Å². The number of aliphatic carboxylic acids is 1. The number of hydrogen-bond acceptors (Lipinski definition) is 3. The summed E-state index contributed by atoms with van der Waals surface area (Å²) in [6.07, 6.45) is 4.42. The van der Waals surface area contributed by atoms with Crippen molar-refractivity contribution in [1.82, 2.24) is 4.90 Å². The van der Waals surface area contributed by atoms with Gasteiger partial charge in [0, 0.05) is 19.5 Å². The Morgan fingerprint density at radius 1 is 1.27 bits per heavy atom. The van der Waals surface area contributed by atoms with Crippen LogP contribution in [0.15, 0.2) is 18.2 Å². The number of carbonyl (C=O) groups is 1. The minimum absolute atomic E-state index is 0.284. The monoisotopic (exact) mass is 305 g/mol. The van der Waals surface area contributed by atoms with Gasteiger partial charge < -0.3 is 14.7 Å². The lowest BCUT2D eigenvalue weighted by Crippen LogP contribution is -2.38. The van der Waals surface area contributed by atoms with Crippen LogP contribution in [0.5, 0.6) is 5.75 Å². The summed E-state index contributed by atoms with van der Waals surface area (Å²) in [6, 6.07) is 6.35. The Bertz CT molecular complexity index is 493. The number of hydrogen-bond donors (Lipinski definition) is 1. The molecule has 1 aliphatic heterocycles. The third-order valence-corrected chi connectivity index (χ3v) is 4.29. The molecule has 1 aromatic carbocycles. The van der Waals surface area contributed by atoms with E-state index in [0.717, 1.165) is 51.1 Å². The number of nitrogens with zero attached hydrogens (tertiary/aromatic N) is 1. The van der Waals surface area contributed by atoms with E-state index < -0.39 is 5.97 Å². The highest BCUT2D eigenvalue weighted by Gasteiger charge is 2.20. The van der Waals surface area contributed by atoms with Gasteiger partial charge in [0.05, 0.1) is 0 Å². The Morgan fingerprint density at radius 2 is 2.00 bits per heavy atom. The Balaban J connectivity index is 1.71. The molecule has 1 saturated heterocycles. The average molecular weight is 305 g/mol. The molecule has 0 spiro atoms. The Hall–Kier alpha value is -1.55. The maximum Gasteiger partial charge on any atom is 0.303 e. The number of unbranched alkanes of at least 4 members (excludes halogenated alkanes) is 1. The summed E-state index contributed by atoms with van der Waals surface area (Å²) in [4.78, 5) is 12.9. The molecule has 1 N–H and O–H groups in total. The molecule has 0 atom stereocenters. The van der Waals surface area contributed by atoms with Gasteiger partial charge in [0.25, 0.3) is 0 Å². The van der Waals surface area contributed by atoms with Gasteiger partial charge in [-0.3, -0.25) is 4.79 Å². The maximum absolute atomic E-state index is 10.5. The summed E-state index contributed by atoms with van der Waals surface area (Å²) in [5.41, 5.74) is 2.43. The topological polar surface area (TPSA) is 49.8 Å². The van der Waals surface area contributed by atoms with Gasteiger partial charge in [0.15, 0.2) is 0 Å². The fraction of sp³-hybridized carbons (Fsp3) is 0.611. The highest BCUT2D eigenvalue weighted by molar-refractivity contribution is 5.66. The Morgan fingerprint density at radius 3 is 2.68 bits per heavy atom. The first-order chi connectivity index (χ1) is 10.5. The number of carboxylic acid groups (broad SMARTS) is 1. The zero-order valence-corrected chi connectivity index (χ0v) is 13.7. The largest absolute Gasteiger partial charge is 0.490 e. The van der Waals surface area contributed by atoms with Crippen LogP contribution < -0.4 is 4.74 Å². The van der Waals surface area contributed by atoms with Gasteiger partial charge in [-0.05, 0) is 63.3 Å². The van der Waals surface area contributed by atoms with Crippen LogP contribution in [0.1, 0.15) is 43.2 Å². The first kappa shape index (κ1) is 16.8. The molecule has 0 aromatic heterocycles. The molecule has 0 unspecified atom stereocenters. The summed E-state index contributed by atoms with van der Waals surface area (Å²) in [7, 11) is 0. The van der Waals surface area contributed by atoms with Crippen LogP contribution in [0, 0.1) is 13.8 Å². The second-order valence-electron chi connectivity index (χ2n) is 6.28. The van der Waals surface area contributed by atoms with E-state index in [4.69, 9.17) is 9.84 Å². The molecule has 122 valence electrons. The summed E-state index contributed by atoms with van der Waals surface area (Å²) in [5, 5.41) is 8.64. The molecule has 4 nitrogen and oxygen atoms in total. The first-order valence-corrected chi connectivity index (χ1v) is 8.22. The number of ether oxygens (including phenoxy) is 1. The van der Waals surface area contributed by atoms with E-state index in [2.05, 4.69) is 36.9 Å². The molecular weight excluding hydrogens is 278 g/mol. The quantitative estimate of drug-likeness (QED) is 0.784. The zero-order valence-electron chi connectivity index (χ0n) is 13.7. The third kappa shape index (κ3) is 5.34. The van der Waals surface area contributed by atoms with Crippen molar-refractivity contribution >= 4 is 5.97 Å². The Kier molecular flexibility index (Phi) is 6.25. The average Bonchev–Trinajstić information content (AvgIpc) is 2.49. The van der Waals surface area contributed by atoms with Crippen LogP contribution >= 0.6 is 0 Å². The normalized spacial score (nSPS) is 16.6. The van der Waals surface area contributed by atoms with Crippen molar-refractivity contribution in [2.45, 2.75) is 52.1 Å². The van der Waals surface area contributed by atoms with Crippen LogP contribution in [0.2, 0.25) is 0 Å². The van der Waals surface area contributed by atoms with Crippen LogP contribution in [-0.4, -0.2) is 41.7 Å². The highest BCUT2D eigenvalue weighted by atomic mass is 16.5. The minimum Gasteiger partial charge on any atom is -0.490 e. The minimum atomic E-state index is -0.694. The van der Waals surface area contributed by atoms with Gasteiger partial charge in [-0.15, -0.1) is 0 Å². The fourth-order valence-corrected chi connectivity index (χ4v) is 2.88. The summed E-state index contributed by atoms with van der Waals surface area (Å²) >= 11 is 0. The molecule has 4 heteroatoms. The zero-order chi connectivity index (χ0) is 15.9. The molecule has 0 amide bonds. The maximum atomic E-state index is 10.5. The fourth-order valence-electron chi connectivity index (χ4n) is 2.88. The summed E-state index contributed by atoms with van der Waals surface area (Å²) in [6.45, 7) is 7.27. The predicted octanol–water partition coefficient (Wildman–Crippen LogP) is 3.40. The lowest BCUT2D eigenvalue weighted by molar-refractivity contribution is -0.137. The predicted molar refractivity (Wildman–Crippen MR) is 87.5 cm³/mol. The van der Waals surface area contributed by atoms with E-state index in [9.17, 15) is 4.79 Å². The SMILES string of the molecule is Cc1ccc(C)c(OC2CCN(CCCCC(=O)O)CC2)c1. The second kappa shape index (κ2) is 8.18. The van der Waals surface area contributed by atoms with Gasteiger partial charge in [0.1, 0.15) is 11.9 Å². The number of rotatable bonds is 7. The van der Waals surface area contributed by atoms with Gasteiger partial charge in [-0.2, -0.15) is 0 Å². The van der Waals surface area contributed by atoms with Crippen molar-refractivity contribution in [3.05, 3.63) is 29.3 Å². The second-order valence-corrected chi connectivity index (χ2v) is 6.28. The number of benzene rings is 1. The molecular formula is C18H27NO3. The summed E-state index contributed by atoms with van der Waals surface area (Å²) in [5.74, 6) is 0.320. The van der Waals surface area contributed by atoms with Crippen molar-refractivity contribution in [1.29, 1.82) is 0 Å². The molecule has 0 bridgehead atoms. The van der Waals surface area contributed by atoms with E-state index in [0.29, 0.717) is 6.10 Å². The Labute approximate surface area is 133 Å². The summed E-state index contributed by atoms with van der Waals surface area (Å²) < 4.78 is 6.17. The van der Waals surface area contributed by atoms with Gasteiger partial charge in [-0.25, -0.2) is 0 Å². The molecule has 1 fully saturated rings. The molecule has 22 heavy (non-hydrogen) atoms. The highest BCUT2D eigenvalue weighted by Crippen LogP contribution is 2.24. The van der Waals surface area contributed by atoms with Crippen LogP contribution in [0.4, 0.5) is 0 Å². The number of aryl methyl sites for hydroxylation is 2. The molecule has 2 rings (SSSR count). The van der Waals surface area contributed by atoms with Gasteiger partial charge >= 0.3 is 5.97 Å². The molecule has 1 aliphatic rings. The molecule has 1 aromatic rings. The third-order valence-electron chi connectivity index (χ3n) is 4.29. The lowest BCUT2D eigenvalue weighted by Gasteiger charge is -2.32. The van der Waals surface area contributed by atoms with E-state index in [1.54, 1.807) is 0 Å². The van der Waals surface area contributed by atoms with Gasteiger partial charge in [0.2, 0.25) is 0 Å². The van der Waals surface area contributed by atoms with Crippen LogP contribution in [0.3, 0.4) is 0 Å². The van der Waals surface area contributed by atoms with E-state index >= 15 is 0 Å². The van der Waals surface area contributed by atoms with E-state index in [1.807, 2.05) is 0 Å². The first-order valence-electron chi connectivity index (χ1n) is 8.22. The lowest BCUT2D eigenvalue weighted by atomic mass is 10.1. The number of carboxylic acids is 1. The van der Waals surface area contributed by atoms with Crippen LogP contribution in [-0.2, 0) is 4.79 Å². The molecule has 1 heterocycles. The molecule has 0 aliphatic carbocycles. The number of likely N-dealkylation sites (tertiary alicyclic amines) is 1. The van der Waals surface area contributed by atoms with Crippen LogP contribution in [0.25, 0.3) is 0 Å². The van der Waals surface area contributed by atoms with Crippen molar-refractivity contribution in [2.75, 3.05) is 19.6 Å². The molecule has 0 radical (unpaired) electrons.